The molecule has 0 aliphatic rings. The zero-order valence-electron chi connectivity index (χ0n) is 6.25. The van der Waals surface area contributed by atoms with Crippen molar-refractivity contribution in [1.82, 2.24) is 9.61 Å². The molecule has 0 radical (unpaired) electrons. The van der Waals surface area contributed by atoms with Crippen molar-refractivity contribution in [2.24, 2.45) is 0 Å². The lowest BCUT2D eigenvalue weighted by molar-refractivity contribution is 0.425. The summed E-state index contributed by atoms with van der Waals surface area (Å²) in [5, 5.41) is 21.6. The quantitative estimate of drug-likeness (QED) is 0.529. The first-order chi connectivity index (χ1) is 5.77. The average Bonchev–Trinajstić information content (AvgIpc) is 2.49. The number of pyridine rings is 1. The molecule has 2 aromatic rings. The first-order valence-corrected chi connectivity index (χ1v) is 3.57. The normalized spacial score (nSPS) is 10.5. The summed E-state index contributed by atoms with van der Waals surface area (Å²) in [4.78, 5) is 0. The Kier molecular flexibility index (Phi) is 1.60. The Morgan fingerprint density at radius 1 is 1.25 bits per heavy atom. The molecule has 0 amide bonds. The number of rotatable bonds is 1. The molecule has 0 unspecified atom stereocenters. The first-order valence-electron chi connectivity index (χ1n) is 3.57. The van der Waals surface area contributed by atoms with E-state index in [4.69, 9.17) is 10.0 Å². The molecule has 0 fully saturated rings. The predicted molar refractivity (Wildman–Crippen MR) is 45.0 cm³/mol. The SMILES string of the molecule is OB(O)c1ccc2ccnn2c1. The molecule has 0 saturated carbocycles. The molecule has 2 N–H and O–H groups in total. The van der Waals surface area contributed by atoms with Gasteiger partial charge >= 0.3 is 7.12 Å². The topological polar surface area (TPSA) is 57.8 Å². The second kappa shape index (κ2) is 2.62. The number of hydrogen-bond donors (Lipinski definition) is 2. The maximum Gasteiger partial charge on any atom is 0.490 e. The molecule has 0 aliphatic heterocycles. The second-order valence-corrected chi connectivity index (χ2v) is 2.54. The van der Waals surface area contributed by atoms with Crippen LogP contribution >= 0.6 is 0 Å². The van der Waals surface area contributed by atoms with Crippen LogP contribution in [-0.2, 0) is 0 Å². The van der Waals surface area contributed by atoms with Crippen molar-refractivity contribution < 1.29 is 10.0 Å². The van der Waals surface area contributed by atoms with Gasteiger partial charge in [0.25, 0.3) is 0 Å². The fourth-order valence-electron chi connectivity index (χ4n) is 1.08. The molecular formula is C7H7BN2O2. The van der Waals surface area contributed by atoms with E-state index in [0.717, 1.165) is 5.52 Å². The summed E-state index contributed by atoms with van der Waals surface area (Å²) in [5.74, 6) is 0. The summed E-state index contributed by atoms with van der Waals surface area (Å²) < 4.78 is 1.59. The fraction of sp³-hybridized carbons (Fsp3) is 0. The van der Waals surface area contributed by atoms with E-state index in [2.05, 4.69) is 5.10 Å². The molecule has 4 nitrogen and oxygen atoms in total. The van der Waals surface area contributed by atoms with Crippen LogP contribution in [0.4, 0.5) is 0 Å². The molecule has 2 heterocycles. The minimum atomic E-state index is -1.43. The third kappa shape index (κ3) is 1.09. The van der Waals surface area contributed by atoms with E-state index in [0.29, 0.717) is 5.46 Å². The van der Waals surface area contributed by atoms with Crippen LogP contribution in [0, 0.1) is 0 Å². The van der Waals surface area contributed by atoms with E-state index in [1.807, 2.05) is 6.07 Å². The van der Waals surface area contributed by atoms with Crippen molar-refractivity contribution in [2.45, 2.75) is 0 Å². The van der Waals surface area contributed by atoms with Crippen LogP contribution in [0.25, 0.3) is 5.52 Å². The minimum absolute atomic E-state index is 0.436. The lowest BCUT2D eigenvalue weighted by Gasteiger charge is -1.98. The van der Waals surface area contributed by atoms with Gasteiger partial charge in [0.1, 0.15) is 0 Å². The van der Waals surface area contributed by atoms with Gasteiger partial charge in [-0.05, 0) is 12.1 Å². The van der Waals surface area contributed by atoms with Gasteiger partial charge in [0.2, 0.25) is 0 Å². The van der Waals surface area contributed by atoms with Gasteiger partial charge in [-0.25, -0.2) is 4.52 Å². The maximum atomic E-state index is 8.84. The maximum absolute atomic E-state index is 8.84. The third-order valence-electron chi connectivity index (χ3n) is 1.72. The van der Waals surface area contributed by atoms with Gasteiger partial charge < -0.3 is 10.0 Å². The number of aromatic nitrogens is 2. The Balaban J connectivity index is 2.60. The van der Waals surface area contributed by atoms with E-state index in [9.17, 15) is 0 Å². The monoisotopic (exact) mass is 162 g/mol. The van der Waals surface area contributed by atoms with Crippen LogP contribution < -0.4 is 5.46 Å². The summed E-state index contributed by atoms with van der Waals surface area (Å²) in [5.41, 5.74) is 1.37. The standard InChI is InChI=1S/C7H7BN2O2/c11-8(12)6-1-2-7-3-4-9-10(7)5-6/h1-5,11-12H. The number of nitrogens with zero attached hydrogens (tertiary/aromatic N) is 2. The average molecular weight is 162 g/mol. The Hall–Kier alpha value is -1.33. The molecule has 2 aromatic heterocycles. The molecule has 60 valence electrons. The van der Waals surface area contributed by atoms with Crippen molar-refractivity contribution in [3.05, 3.63) is 30.6 Å². The molecule has 0 bridgehead atoms. The van der Waals surface area contributed by atoms with Crippen molar-refractivity contribution in [2.75, 3.05) is 0 Å². The van der Waals surface area contributed by atoms with Gasteiger partial charge in [-0.1, -0.05) is 6.07 Å². The summed E-state index contributed by atoms with van der Waals surface area (Å²) >= 11 is 0. The van der Waals surface area contributed by atoms with Gasteiger partial charge in [0.15, 0.2) is 0 Å². The highest BCUT2D eigenvalue weighted by molar-refractivity contribution is 6.58. The summed E-state index contributed by atoms with van der Waals surface area (Å²) in [6.45, 7) is 0. The molecule has 5 heteroatoms. The number of hydrogen-bond acceptors (Lipinski definition) is 3. The Morgan fingerprint density at radius 2 is 2.08 bits per heavy atom. The summed E-state index contributed by atoms with van der Waals surface area (Å²) in [6, 6.07) is 5.27. The summed E-state index contributed by atoms with van der Waals surface area (Å²) in [6.07, 6.45) is 3.24. The Labute approximate surface area is 69.2 Å². The summed E-state index contributed by atoms with van der Waals surface area (Å²) in [7, 11) is -1.43. The third-order valence-corrected chi connectivity index (χ3v) is 1.72. The van der Waals surface area contributed by atoms with Crippen LogP contribution in [0.2, 0.25) is 0 Å². The van der Waals surface area contributed by atoms with E-state index < -0.39 is 7.12 Å². The highest BCUT2D eigenvalue weighted by Crippen LogP contribution is 1.98. The Morgan fingerprint density at radius 3 is 2.83 bits per heavy atom. The van der Waals surface area contributed by atoms with E-state index >= 15 is 0 Å². The molecular weight excluding hydrogens is 155 g/mol. The lowest BCUT2D eigenvalue weighted by atomic mass is 9.82. The van der Waals surface area contributed by atoms with Crippen molar-refractivity contribution in [3.63, 3.8) is 0 Å². The van der Waals surface area contributed by atoms with Gasteiger partial charge in [-0.3, -0.25) is 0 Å². The zero-order valence-corrected chi connectivity index (χ0v) is 6.25. The lowest BCUT2D eigenvalue weighted by Crippen LogP contribution is -2.30. The highest BCUT2D eigenvalue weighted by atomic mass is 16.4. The molecule has 0 atom stereocenters. The van der Waals surface area contributed by atoms with Gasteiger partial charge in [0, 0.05) is 17.9 Å². The Bertz CT molecular complexity index is 399. The molecule has 2 rings (SSSR count). The van der Waals surface area contributed by atoms with Crippen LogP contribution in [0.5, 0.6) is 0 Å². The van der Waals surface area contributed by atoms with Crippen LogP contribution in [0.15, 0.2) is 30.6 Å². The fourth-order valence-corrected chi connectivity index (χ4v) is 1.08. The van der Waals surface area contributed by atoms with Crippen LogP contribution in [0.3, 0.4) is 0 Å². The van der Waals surface area contributed by atoms with Crippen LogP contribution in [-0.4, -0.2) is 26.8 Å². The molecule has 12 heavy (non-hydrogen) atoms. The van der Waals surface area contributed by atoms with E-state index in [-0.39, 0.29) is 0 Å². The first kappa shape index (κ1) is 7.33. The molecule has 0 saturated heterocycles. The van der Waals surface area contributed by atoms with E-state index in [1.165, 1.54) is 0 Å². The highest BCUT2D eigenvalue weighted by Gasteiger charge is 2.10. The molecule has 0 aromatic carbocycles. The van der Waals surface area contributed by atoms with Crippen molar-refractivity contribution in [3.8, 4) is 0 Å². The van der Waals surface area contributed by atoms with Crippen molar-refractivity contribution >= 4 is 18.1 Å². The minimum Gasteiger partial charge on any atom is -0.423 e. The number of fused-ring (bicyclic) bond motifs is 1. The van der Waals surface area contributed by atoms with E-state index in [1.54, 1.807) is 29.0 Å². The predicted octanol–water partition coefficient (Wildman–Crippen LogP) is -0.986. The molecule has 0 aliphatic carbocycles. The zero-order chi connectivity index (χ0) is 8.55. The second-order valence-electron chi connectivity index (χ2n) is 2.54. The largest absolute Gasteiger partial charge is 0.490 e. The molecule has 0 spiro atoms. The van der Waals surface area contributed by atoms with Crippen molar-refractivity contribution in [1.29, 1.82) is 0 Å². The smallest absolute Gasteiger partial charge is 0.423 e. The van der Waals surface area contributed by atoms with Crippen LogP contribution in [0.1, 0.15) is 0 Å². The van der Waals surface area contributed by atoms with Gasteiger partial charge in [0.05, 0.1) is 5.52 Å². The van der Waals surface area contributed by atoms with Gasteiger partial charge in [-0.2, -0.15) is 5.10 Å². The van der Waals surface area contributed by atoms with Gasteiger partial charge in [-0.15, -0.1) is 0 Å².